The fourth-order valence-electron chi connectivity index (χ4n) is 4.17. The molecule has 0 radical (unpaired) electrons. The quantitative estimate of drug-likeness (QED) is 0.757. The van der Waals surface area contributed by atoms with Gasteiger partial charge in [-0.25, -0.2) is 0 Å². The summed E-state index contributed by atoms with van der Waals surface area (Å²) in [5.41, 5.74) is 0.908. The monoisotopic (exact) mass is 384 g/mol. The number of carbonyl (C=O) groups excluding carboxylic acids is 1. The Kier molecular flexibility index (Phi) is 5.85. The van der Waals surface area contributed by atoms with E-state index in [9.17, 15) is 4.79 Å². The number of tetrazole rings is 1. The highest BCUT2D eigenvalue weighted by molar-refractivity contribution is 5.76. The number of rotatable bonds is 6. The van der Waals surface area contributed by atoms with Gasteiger partial charge >= 0.3 is 0 Å². The van der Waals surface area contributed by atoms with Crippen LogP contribution in [0.15, 0.2) is 24.3 Å². The van der Waals surface area contributed by atoms with Crippen molar-refractivity contribution in [2.45, 2.75) is 38.6 Å². The normalized spacial score (nSPS) is 18.5. The van der Waals surface area contributed by atoms with Crippen molar-refractivity contribution >= 4 is 5.91 Å². The van der Waals surface area contributed by atoms with E-state index in [1.807, 2.05) is 29.2 Å². The van der Waals surface area contributed by atoms with E-state index in [0.29, 0.717) is 18.4 Å². The molecule has 1 saturated heterocycles. The van der Waals surface area contributed by atoms with Crippen LogP contribution in [0.3, 0.4) is 0 Å². The van der Waals surface area contributed by atoms with Gasteiger partial charge in [-0.1, -0.05) is 12.8 Å². The van der Waals surface area contributed by atoms with E-state index in [2.05, 4.69) is 20.4 Å². The summed E-state index contributed by atoms with van der Waals surface area (Å²) in [6.45, 7) is 3.95. The molecule has 0 spiro atoms. The maximum absolute atomic E-state index is 12.5. The molecule has 1 amide bonds. The summed E-state index contributed by atoms with van der Waals surface area (Å²) in [5.74, 6) is 2.54. The van der Waals surface area contributed by atoms with Crippen LogP contribution < -0.4 is 4.74 Å². The van der Waals surface area contributed by atoms with E-state index in [0.717, 1.165) is 49.9 Å². The van der Waals surface area contributed by atoms with E-state index in [4.69, 9.17) is 4.74 Å². The van der Waals surface area contributed by atoms with E-state index >= 15 is 0 Å². The van der Waals surface area contributed by atoms with Crippen LogP contribution in [-0.4, -0.2) is 69.2 Å². The molecule has 2 aromatic rings. The zero-order valence-corrected chi connectivity index (χ0v) is 16.5. The predicted molar refractivity (Wildman–Crippen MR) is 104 cm³/mol. The topological polar surface area (TPSA) is 76.4 Å². The lowest BCUT2D eigenvalue weighted by molar-refractivity contribution is -0.134. The van der Waals surface area contributed by atoms with E-state index < -0.39 is 0 Å². The van der Waals surface area contributed by atoms with Gasteiger partial charge < -0.3 is 9.64 Å². The van der Waals surface area contributed by atoms with Gasteiger partial charge in [0.25, 0.3) is 0 Å². The largest absolute Gasteiger partial charge is 0.497 e. The first-order valence-electron chi connectivity index (χ1n) is 10.1. The molecule has 150 valence electrons. The number of aromatic nitrogens is 4. The van der Waals surface area contributed by atoms with Crippen LogP contribution in [0, 0.1) is 5.92 Å². The van der Waals surface area contributed by atoms with Gasteiger partial charge in [0, 0.05) is 32.6 Å². The van der Waals surface area contributed by atoms with Crippen molar-refractivity contribution in [1.29, 1.82) is 0 Å². The zero-order valence-electron chi connectivity index (χ0n) is 16.5. The number of ether oxygens (including phenoxy) is 1. The van der Waals surface area contributed by atoms with Crippen LogP contribution in [0.25, 0.3) is 5.69 Å². The zero-order chi connectivity index (χ0) is 19.3. The lowest BCUT2D eigenvalue weighted by atomic mass is 10.0. The maximum atomic E-state index is 12.5. The molecule has 1 aliphatic heterocycles. The molecule has 1 saturated carbocycles. The van der Waals surface area contributed by atoms with Crippen molar-refractivity contribution < 1.29 is 9.53 Å². The van der Waals surface area contributed by atoms with E-state index in [-0.39, 0.29) is 0 Å². The minimum atomic E-state index is 0.328. The average molecular weight is 384 g/mol. The number of methoxy groups -OCH3 is 1. The smallest absolute Gasteiger partial charge is 0.222 e. The van der Waals surface area contributed by atoms with Crippen LogP contribution in [0.1, 0.15) is 37.9 Å². The van der Waals surface area contributed by atoms with Crippen LogP contribution in [0.2, 0.25) is 0 Å². The first kappa shape index (κ1) is 18.9. The fourth-order valence-corrected chi connectivity index (χ4v) is 4.17. The lowest BCUT2D eigenvalue weighted by Gasteiger charge is -2.34. The van der Waals surface area contributed by atoms with Gasteiger partial charge in [0.2, 0.25) is 5.91 Å². The Morgan fingerprint density at radius 3 is 2.50 bits per heavy atom. The SMILES string of the molecule is COc1ccc(-n2nnnc2CN2CCN(C(=O)CC3CCCC3)CC2)cc1. The number of amides is 1. The Morgan fingerprint density at radius 2 is 1.82 bits per heavy atom. The van der Waals surface area contributed by atoms with Crippen molar-refractivity contribution in [1.82, 2.24) is 30.0 Å². The Balaban J connectivity index is 1.31. The minimum Gasteiger partial charge on any atom is -0.497 e. The summed E-state index contributed by atoms with van der Waals surface area (Å²) in [4.78, 5) is 16.9. The number of nitrogens with zero attached hydrogens (tertiary/aromatic N) is 6. The van der Waals surface area contributed by atoms with Crippen molar-refractivity contribution in [2.24, 2.45) is 5.92 Å². The number of piperazine rings is 1. The van der Waals surface area contributed by atoms with E-state index in [1.54, 1.807) is 11.8 Å². The number of benzene rings is 1. The molecular formula is C20H28N6O2. The third kappa shape index (κ3) is 4.32. The maximum Gasteiger partial charge on any atom is 0.222 e. The Bertz CT molecular complexity index is 776. The summed E-state index contributed by atoms with van der Waals surface area (Å²) in [6, 6.07) is 7.68. The van der Waals surface area contributed by atoms with Gasteiger partial charge in [0.05, 0.1) is 19.3 Å². The second-order valence-corrected chi connectivity index (χ2v) is 7.72. The highest BCUT2D eigenvalue weighted by Gasteiger charge is 2.26. The van der Waals surface area contributed by atoms with Crippen molar-refractivity contribution in [2.75, 3.05) is 33.3 Å². The van der Waals surface area contributed by atoms with Crippen molar-refractivity contribution in [3.05, 3.63) is 30.1 Å². The molecule has 0 atom stereocenters. The molecule has 2 aliphatic rings. The highest BCUT2D eigenvalue weighted by atomic mass is 16.5. The van der Waals surface area contributed by atoms with Crippen LogP contribution in [-0.2, 0) is 11.3 Å². The molecule has 0 unspecified atom stereocenters. The Morgan fingerprint density at radius 1 is 1.11 bits per heavy atom. The Labute approximate surface area is 165 Å². The van der Waals surface area contributed by atoms with Crippen molar-refractivity contribution in [3.8, 4) is 11.4 Å². The number of hydrogen-bond donors (Lipinski definition) is 0. The number of carbonyl (C=O) groups is 1. The van der Waals surface area contributed by atoms with Crippen LogP contribution >= 0.6 is 0 Å². The molecule has 2 heterocycles. The molecular weight excluding hydrogens is 356 g/mol. The molecule has 0 N–H and O–H groups in total. The summed E-state index contributed by atoms with van der Waals surface area (Å²) in [7, 11) is 1.65. The highest BCUT2D eigenvalue weighted by Crippen LogP contribution is 2.28. The summed E-state index contributed by atoms with van der Waals surface area (Å²) >= 11 is 0. The van der Waals surface area contributed by atoms with Gasteiger partial charge in [-0.15, -0.1) is 5.10 Å². The molecule has 2 fully saturated rings. The fraction of sp³-hybridized carbons (Fsp3) is 0.600. The first-order chi connectivity index (χ1) is 13.7. The molecule has 8 nitrogen and oxygen atoms in total. The molecule has 1 aromatic heterocycles. The third-order valence-corrected chi connectivity index (χ3v) is 5.88. The lowest BCUT2D eigenvalue weighted by Crippen LogP contribution is -2.48. The molecule has 28 heavy (non-hydrogen) atoms. The van der Waals surface area contributed by atoms with Crippen LogP contribution in [0.5, 0.6) is 5.75 Å². The van der Waals surface area contributed by atoms with Gasteiger partial charge in [-0.3, -0.25) is 9.69 Å². The second kappa shape index (κ2) is 8.68. The molecule has 1 aliphatic carbocycles. The van der Waals surface area contributed by atoms with Gasteiger partial charge in [0.15, 0.2) is 5.82 Å². The summed E-state index contributed by atoms with van der Waals surface area (Å²) < 4.78 is 6.97. The number of hydrogen-bond acceptors (Lipinski definition) is 6. The molecule has 1 aromatic carbocycles. The molecule has 8 heteroatoms. The molecule has 0 bridgehead atoms. The van der Waals surface area contributed by atoms with Crippen molar-refractivity contribution in [3.63, 3.8) is 0 Å². The predicted octanol–water partition coefficient (Wildman–Crippen LogP) is 1.90. The molecule has 4 rings (SSSR count). The van der Waals surface area contributed by atoms with Gasteiger partial charge in [-0.2, -0.15) is 4.68 Å². The van der Waals surface area contributed by atoms with Gasteiger partial charge in [0.1, 0.15) is 5.75 Å². The summed E-state index contributed by atoms with van der Waals surface area (Å²) in [5, 5.41) is 12.2. The van der Waals surface area contributed by atoms with Crippen LogP contribution in [0.4, 0.5) is 0 Å². The summed E-state index contributed by atoms with van der Waals surface area (Å²) in [6.07, 6.45) is 5.75. The second-order valence-electron chi connectivity index (χ2n) is 7.72. The Hall–Kier alpha value is -2.48. The first-order valence-corrected chi connectivity index (χ1v) is 10.1. The minimum absolute atomic E-state index is 0.328. The van der Waals surface area contributed by atoms with Gasteiger partial charge in [-0.05, 0) is 53.5 Å². The standard InChI is InChI=1S/C20H28N6O2/c1-28-18-8-6-17(7-9-18)26-19(21-22-23-26)15-24-10-12-25(13-11-24)20(27)14-16-4-2-3-5-16/h6-9,16H,2-5,10-15H2,1H3. The third-order valence-electron chi connectivity index (χ3n) is 5.88. The average Bonchev–Trinajstić information content (AvgIpc) is 3.41. The van der Waals surface area contributed by atoms with E-state index in [1.165, 1.54) is 25.7 Å².